The van der Waals surface area contributed by atoms with E-state index < -0.39 is 5.97 Å². The highest BCUT2D eigenvalue weighted by molar-refractivity contribution is 9.10. The van der Waals surface area contributed by atoms with Crippen molar-refractivity contribution in [2.24, 2.45) is 0 Å². The van der Waals surface area contributed by atoms with Crippen LogP contribution in [0.5, 0.6) is 5.75 Å². The molecule has 1 aromatic rings. The number of ether oxygens (including phenoxy) is 2. The lowest BCUT2D eigenvalue weighted by Gasteiger charge is -2.14. The Kier molecular flexibility index (Phi) is 4.32. The number of hydrogen-bond donors (Lipinski definition) is 1. The fourth-order valence-corrected chi connectivity index (χ4v) is 2.02. The lowest BCUT2D eigenvalue weighted by atomic mass is 10.0. The molecule has 0 aliphatic heterocycles. The van der Waals surface area contributed by atoms with Gasteiger partial charge in [0.2, 0.25) is 0 Å². The SMILES string of the molecule is COCOc1c(Br)cc(C)c(C)c1C(=O)O. The predicted molar refractivity (Wildman–Crippen MR) is 63.1 cm³/mol. The maximum absolute atomic E-state index is 11.2. The molecule has 1 rings (SSSR count). The van der Waals surface area contributed by atoms with Gasteiger partial charge in [0.05, 0.1) is 4.47 Å². The van der Waals surface area contributed by atoms with Crippen LogP contribution in [-0.2, 0) is 4.74 Å². The minimum Gasteiger partial charge on any atom is -0.478 e. The normalized spacial score (nSPS) is 10.2. The van der Waals surface area contributed by atoms with Crippen molar-refractivity contribution in [2.45, 2.75) is 13.8 Å². The highest BCUT2D eigenvalue weighted by Gasteiger charge is 2.19. The summed E-state index contributed by atoms with van der Waals surface area (Å²) in [5.74, 6) is -0.703. The largest absolute Gasteiger partial charge is 0.478 e. The number of carboxylic acids is 1. The van der Waals surface area contributed by atoms with Gasteiger partial charge in [0, 0.05) is 7.11 Å². The molecule has 16 heavy (non-hydrogen) atoms. The van der Waals surface area contributed by atoms with E-state index in [-0.39, 0.29) is 12.4 Å². The van der Waals surface area contributed by atoms with Crippen molar-refractivity contribution in [2.75, 3.05) is 13.9 Å². The quantitative estimate of drug-likeness (QED) is 0.866. The Bertz CT molecular complexity index is 415. The Morgan fingerprint density at radius 1 is 1.50 bits per heavy atom. The van der Waals surface area contributed by atoms with E-state index in [1.165, 1.54) is 7.11 Å². The van der Waals surface area contributed by atoms with Crippen LogP contribution in [0.15, 0.2) is 10.5 Å². The first-order valence-electron chi connectivity index (χ1n) is 4.63. The molecule has 0 saturated heterocycles. The molecule has 0 saturated carbocycles. The second-order valence-electron chi connectivity index (χ2n) is 3.36. The lowest BCUT2D eigenvalue weighted by molar-refractivity contribution is 0.0477. The second-order valence-corrected chi connectivity index (χ2v) is 4.21. The fraction of sp³-hybridized carbons (Fsp3) is 0.364. The van der Waals surface area contributed by atoms with Gasteiger partial charge in [-0.2, -0.15) is 0 Å². The first-order valence-corrected chi connectivity index (χ1v) is 5.43. The zero-order valence-electron chi connectivity index (χ0n) is 9.33. The molecule has 0 radical (unpaired) electrons. The molecule has 0 spiro atoms. The van der Waals surface area contributed by atoms with Gasteiger partial charge in [0.15, 0.2) is 12.5 Å². The minimum absolute atomic E-state index is 0.0153. The molecular formula is C11H13BrO4. The van der Waals surface area contributed by atoms with Crippen LogP contribution in [0.1, 0.15) is 21.5 Å². The van der Waals surface area contributed by atoms with E-state index >= 15 is 0 Å². The van der Waals surface area contributed by atoms with Crippen molar-refractivity contribution in [1.29, 1.82) is 0 Å². The molecule has 0 bridgehead atoms. The van der Waals surface area contributed by atoms with Crippen LogP contribution >= 0.6 is 15.9 Å². The summed E-state index contributed by atoms with van der Waals surface area (Å²) in [5.41, 5.74) is 1.76. The van der Waals surface area contributed by atoms with Crippen LogP contribution in [0.2, 0.25) is 0 Å². The van der Waals surface area contributed by atoms with Crippen LogP contribution in [0.3, 0.4) is 0 Å². The van der Waals surface area contributed by atoms with Crippen LogP contribution in [-0.4, -0.2) is 25.0 Å². The third kappa shape index (κ3) is 2.54. The molecule has 0 amide bonds. The summed E-state index contributed by atoms with van der Waals surface area (Å²) in [6, 6.07) is 1.83. The van der Waals surface area contributed by atoms with E-state index in [2.05, 4.69) is 15.9 Å². The molecule has 4 nitrogen and oxygen atoms in total. The number of rotatable bonds is 4. The number of hydrogen-bond acceptors (Lipinski definition) is 3. The van der Waals surface area contributed by atoms with Crippen molar-refractivity contribution in [3.8, 4) is 5.75 Å². The average Bonchev–Trinajstić information content (AvgIpc) is 2.20. The van der Waals surface area contributed by atoms with E-state index in [4.69, 9.17) is 14.6 Å². The van der Waals surface area contributed by atoms with Crippen molar-refractivity contribution in [3.05, 3.63) is 27.2 Å². The summed E-state index contributed by atoms with van der Waals surface area (Å²) in [4.78, 5) is 11.2. The van der Waals surface area contributed by atoms with Crippen molar-refractivity contribution >= 4 is 21.9 Å². The molecule has 5 heteroatoms. The Morgan fingerprint density at radius 3 is 2.62 bits per heavy atom. The molecule has 0 fully saturated rings. The van der Waals surface area contributed by atoms with Gasteiger partial charge in [-0.1, -0.05) is 0 Å². The highest BCUT2D eigenvalue weighted by Crippen LogP contribution is 2.33. The van der Waals surface area contributed by atoms with E-state index in [1.807, 2.05) is 13.0 Å². The summed E-state index contributed by atoms with van der Waals surface area (Å²) in [5, 5.41) is 9.15. The van der Waals surface area contributed by atoms with Crippen LogP contribution in [0, 0.1) is 13.8 Å². The maximum atomic E-state index is 11.2. The van der Waals surface area contributed by atoms with Gasteiger partial charge in [-0.15, -0.1) is 0 Å². The van der Waals surface area contributed by atoms with E-state index in [0.29, 0.717) is 15.8 Å². The van der Waals surface area contributed by atoms with Crippen LogP contribution in [0.25, 0.3) is 0 Å². The summed E-state index contributed by atoms with van der Waals surface area (Å²) in [6.45, 7) is 3.62. The van der Waals surface area contributed by atoms with Gasteiger partial charge >= 0.3 is 5.97 Å². The Morgan fingerprint density at radius 2 is 2.12 bits per heavy atom. The Hall–Kier alpha value is -1.07. The predicted octanol–water partition coefficient (Wildman–Crippen LogP) is 2.75. The summed E-state index contributed by atoms with van der Waals surface area (Å²) in [6.07, 6.45) is 0. The van der Waals surface area contributed by atoms with Gasteiger partial charge in [0.1, 0.15) is 5.56 Å². The number of carbonyl (C=O) groups is 1. The monoisotopic (exact) mass is 288 g/mol. The number of halogens is 1. The molecule has 0 aliphatic rings. The van der Waals surface area contributed by atoms with E-state index in [1.54, 1.807) is 6.92 Å². The number of methoxy groups -OCH3 is 1. The van der Waals surface area contributed by atoms with Crippen molar-refractivity contribution < 1.29 is 19.4 Å². The highest BCUT2D eigenvalue weighted by atomic mass is 79.9. The van der Waals surface area contributed by atoms with Crippen LogP contribution < -0.4 is 4.74 Å². The zero-order chi connectivity index (χ0) is 12.3. The molecular weight excluding hydrogens is 276 g/mol. The van der Waals surface area contributed by atoms with Crippen molar-refractivity contribution in [1.82, 2.24) is 0 Å². The second kappa shape index (κ2) is 5.32. The fourth-order valence-electron chi connectivity index (χ4n) is 1.37. The summed E-state index contributed by atoms with van der Waals surface area (Å²) >= 11 is 3.29. The molecule has 0 aromatic heterocycles. The summed E-state index contributed by atoms with van der Waals surface area (Å²) < 4.78 is 10.6. The zero-order valence-corrected chi connectivity index (χ0v) is 10.9. The topological polar surface area (TPSA) is 55.8 Å². The van der Waals surface area contributed by atoms with Crippen LogP contribution in [0.4, 0.5) is 0 Å². The molecule has 1 N–H and O–H groups in total. The Labute approximate surface area is 102 Å². The van der Waals surface area contributed by atoms with Gasteiger partial charge in [0.25, 0.3) is 0 Å². The summed E-state index contributed by atoms with van der Waals surface area (Å²) in [7, 11) is 1.48. The van der Waals surface area contributed by atoms with Gasteiger partial charge < -0.3 is 14.6 Å². The smallest absolute Gasteiger partial charge is 0.339 e. The molecule has 0 heterocycles. The van der Waals surface area contributed by atoms with E-state index in [0.717, 1.165) is 5.56 Å². The first kappa shape index (κ1) is 13.0. The lowest BCUT2D eigenvalue weighted by Crippen LogP contribution is -2.09. The molecule has 0 atom stereocenters. The van der Waals surface area contributed by atoms with Gasteiger partial charge in [-0.3, -0.25) is 0 Å². The molecule has 1 aromatic carbocycles. The third-order valence-electron chi connectivity index (χ3n) is 2.29. The Balaban J connectivity index is 3.32. The molecule has 88 valence electrons. The number of aryl methyl sites for hydroxylation is 1. The maximum Gasteiger partial charge on any atom is 0.339 e. The number of aromatic carboxylic acids is 1. The van der Waals surface area contributed by atoms with Gasteiger partial charge in [-0.25, -0.2) is 4.79 Å². The molecule has 0 unspecified atom stereocenters. The van der Waals surface area contributed by atoms with Crippen molar-refractivity contribution in [3.63, 3.8) is 0 Å². The molecule has 0 aliphatic carbocycles. The average molecular weight is 289 g/mol. The van der Waals surface area contributed by atoms with Gasteiger partial charge in [-0.05, 0) is 47.0 Å². The first-order chi connectivity index (χ1) is 7.49. The minimum atomic E-state index is -1.01. The number of carboxylic acid groups (broad SMARTS) is 1. The standard InChI is InChI=1S/C11H13BrO4/c1-6-4-8(12)10(16-5-15-3)9(7(6)2)11(13)14/h4H,5H2,1-3H3,(H,13,14). The number of benzene rings is 1. The third-order valence-corrected chi connectivity index (χ3v) is 2.88. The van der Waals surface area contributed by atoms with E-state index in [9.17, 15) is 4.79 Å².